The van der Waals surface area contributed by atoms with Crippen molar-refractivity contribution in [2.75, 3.05) is 0 Å². The third kappa shape index (κ3) is 3.34. The zero-order chi connectivity index (χ0) is 18.1. The van der Waals surface area contributed by atoms with Crippen molar-refractivity contribution in [2.24, 2.45) is 0 Å². The second-order valence-corrected chi connectivity index (χ2v) is 7.35. The Labute approximate surface area is 159 Å². The molecule has 26 heavy (non-hydrogen) atoms. The summed E-state index contributed by atoms with van der Waals surface area (Å²) in [5.74, 6) is -0.911. The number of carboxylic acids is 1. The molecule has 4 aromatic rings. The average Bonchev–Trinajstić information content (AvgIpc) is 3.10. The number of thiazole rings is 1. The predicted octanol–water partition coefficient (Wildman–Crippen LogP) is 5.91. The number of benzene rings is 3. The van der Waals surface area contributed by atoms with Gasteiger partial charge in [-0.3, -0.25) is 0 Å². The summed E-state index contributed by atoms with van der Waals surface area (Å²) in [6.07, 6.45) is 0.724. The number of carbonyl (C=O) groups is 1. The highest BCUT2D eigenvalue weighted by Gasteiger charge is 2.10. The van der Waals surface area contributed by atoms with E-state index >= 15 is 0 Å². The lowest BCUT2D eigenvalue weighted by Crippen LogP contribution is -1.96. The Hall–Kier alpha value is -2.69. The largest absolute Gasteiger partial charge is 0.478 e. The van der Waals surface area contributed by atoms with E-state index < -0.39 is 5.97 Å². The quantitative estimate of drug-likeness (QED) is 0.479. The van der Waals surface area contributed by atoms with Crippen LogP contribution < -0.4 is 0 Å². The van der Waals surface area contributed by atoms with Gasteiger partial charge >= 0.3 is 5.97 Å². The first-order valence-electron chi connectivity index (χ1n) is 8.04. The number of halogens is 1. The molecule has 5 heteroatoms. The Morgan fingerprint density at radius 1 is 1.04 bits per heavy atom. The maximum Gasteiger partial charge on any atom is 0.335 e. The summed E-state index contributed by atoms with van der Waals surface area (Å²) < 4.78 is 1.12. The van der Waals surface area contributed by atoms with Crippen molar-refractivity contribution < 1.29 is 9.90 Å². The molecule has 0 unspecified atom stereocenters. The first-order valence-corrected chi connectivity index (χ1v) is 9.30. The van der Waals surface area contributed by atoms with Crippen LogP contribution in [0.3, 0.4) is 0 Å². The fourth-order valence-electron chi connectivity index (χ4n) is 3.00. The van der Waals surface area contributed by atoms with Crippen molar-refractivity contribution >= 4 is 39.1 Å². The van der Waals surface area contributed by atoms with Crippen LogP contribution in [-0.4, -0.2) is 16.1 Å². The molecule has 0 atom stereocenters. The van der Waals surface area contributed by atoms with Gasteiger partial charge in [-0.25, -0.2) is 9.78 Å². The van der Waals surface area contributed by atoms with Crippen LogP contribution >= 0.6 is 22.9 Å². The first kappa shape index (κ1) is 16.8. The molecule has 0 radical (unpaired) electrons. The maximum absolute atomic E-state index is 11.0. The molecule has 1 aromatic heterocycles. The summed E-state index contributed by atoms with van der Waals surface area (Å²) in [7, 11) is 0. The Balaban J connectivity index is 1.75. The van der Waals surface area contributed by atoms with Gasteiger partial charge in [0.15, 0.2) is 0 Å². The molecule has 0 aliphatic heterocycles. The van der Waals surface area contributed by atoms with E-state index in [2.05, 4.69) is 17.1 Å². The Morgan fingerprint density at radius 3 is 2.58 bits per heavy atom. The van der Waals surface area contributed by atoms with Gasteiger partial charge in [-0.15, -0.1) is 11.3 Å². The number of hydrogen-bond acceptors (Lipinski definition) is 3. The molecule has 3 nitrogen and oxygen atoms in total. The molecule has 1 N–H and O–H groups in total. The van der Waals surface area contributed by atoms with Gasteiger partial charge in [0.1, 0.15) is 0 Å². The lowest BCUT2D eigenvalue weighted by molar-refractivity contribution is 0.0697. The van der Waals surface area contributed by atoms with Crippen LogP contribution in [0.1, 0.15) is 21.5 Å². The zero-order valence-electron chi connectivity index (χ0n) is 13.6. The van der Waals surface area contributed by atoms with E-state index in [-0.39, 0.29) is 0 Å². The van der Waals surface area contributed by atoms with Gasteiger partial charge in [-0.05, 0) is 59.5 Å². The number of aromatic carboxylic acids is 1. The SMILES string of the molecule is O=C(O)c1ccc(Cc2cc(-c3cccc(Cl)c3)c3ncsc3c2)cc1. The van der Waals surface area contributed by atoms with Gasteiger partial charge in [0.25, 0.3) is 0 Å². The van der Waals surface area contributed by atoms with E-state index in [1.165, 1.54) is 0 Å². The summed E-state index contributed by atoms with van der Waals surface area (Å²) in [6, 6.07) is 19.1. The minimum atomic E-state index is -0.911. The molecule has 0 fully saturated rings. The topological polar surface area (TPSA) is 50.2 Å². The highest BCUT2D eigenvalue weighted by atomic mass is 35.5. The first-order chi connectivity index (χ1) is 12.6. The van der Waals surface area contributed by atoms with Crippen LogP contribution in [-0.2, 0) is 6.42 Å². The molecule has 0 aliphatic rings. The monoisotopic (exact) mass is 379 g/mol. The molecule has 0 saturated carbocycles. The van der Waals surface area contributed by atoms with Gasteiger partial charge in [0.05, 0.1) is 21.3 Å². The summed E-state index contributed by atoms with van der Waals surface area (Å²) in [6.45, 7) is 0. The molecule has 0 saturated heterocycles. The molecular formula is C21H14ClNO2S. The van der Waals surface area contributed by atoms with E-state index in [0.29, 0.717) is 10.6 Å². The summed E-state index contributed by atoms with van der Waals surface area (Å²) in [4.78, 5) is 15.5. The summed E-state index contributed by atoms with van der Waals surface area (Å²) >= 11 is 7.77. The molecule has 1 heterocycles. The number of hydrogen-bond donors (Lipinski definition) is 1. The number of nitrogens with zero attached hydrogens (tertiary/aromatic N) is 1. The second-order valence-electron chi connectivity index (χ2n) is 6.03. The van der Waals surface area contributed by atoms with Crippen LogP contribution in [0.5, 0.6) is 0 Å². The van der Waals surface area contributed by atoms with E-state index in [4.69, 9.17) is 16.7 Å². The lowest BCUT2D eigenvalue weighted by atomic mass is 9.97. The van der Waals surface area contributed by atoms with Crippen LogP contribution in [0.15, 0.2) is 66.2 Å². The number of fused-ring (bicyclic) bond motifs is 1. The Bertz CT molecular complexity index is 1100. The van der Waals surface area contributed by atoms with Crippen molar-refractivity contribution in [2.45, 2.75) is 6.42 Å². The summed E-state index contributed by atoms with van der Waals surface area (Å²) in [5, 5.41) is 9.72. The molecule has 4 rings (SSSR count). The van der Waals surface area contributed by atoms with Crippen LogP contribution in [0.2, 0.25) is 5.02 Å². The minimum Gasteiger partial charge on any atom is -0.478 e. The maximum atomic E-state index is 11.0. The standard InChI is InChI=1S/C21H14ClNO2S/c22-17-3-1-2-16(11-17)18-9-14(10-19-20(18)23-12-26-19)8-13-4-6-15(7-5-13)21(24)25/h1-7,9-12H,8H2,(H,24,25). The van der Waals surface area contributed by atoms with Crippen LogP contribution in [0.25, 0.3) is 21.3 Å². The molecule has 0 spiro atoms. The number of rotatable bonds is 4. The van der Waals surface area contributed by atoms with Crippen molar-refractivity contribution in [1.82, 2.24) is 4.98 Å². The van der Waals surface area contributed by atoms with Crippen LogP contribution in [0.4, 0.5) is 0 Å². The average molecular weight is 380 g/mol. The Morgan fingerprint density at radius 2 is 1.85 bits per heavy atom. The third-order valence-corrected chi connectivity index (χ3v) is 5.25. The fraction of sp³-hybridized carbons (Fsp3) is 0.0476. The third-order valence-electron chi connectivity index (χ3n) is 4.24. The molecule has 0 amide bonds. The molecule has 3 aromatic carbocycles. The smallest absolute Gasteiger partial charge is 0.335 e. The molecular weight excluding hydrogens is 366 g/mol. The van der Waals surface area contributed by atoms with Crippen molar-refractivity contribution in [3.63, 3.8) is 0 Å². The zero-order valence-corrected chi connectivity index (χ0v) is 15.2. The van der Waals surface area contributed by atoms with Gasteiger partial charge in [-0.2, -0.15) is 0 Å². The Kier molecular flexibility index (Phi) is 4.45. The number of carboxylic acid groups (broad SMARTS) is 1. The van der Waals surface area contributed by atoms with Crippen molar-refractivity contribution in [3.05, 3.63) is 87.9 Å². The van der Waals surface area contributed by atoms with E-state index in [9.17, 15) is 4.79 Å². The van der Waals surface area contributed by atoms with Gasteiger partial charge in [0.2, 0.25) is 0 Å². The van der Waals surface area contributed by atoms with E-state index in [0.717, 1.165) is 38.9 Å². The highest BCUT2D eigenvalue weighted by Crippen LogP contribution is 2.33. The predicted molar refractivity (Wildman–Crippen MR) is 106 cm³/mol. The second kappa shape index (κ2) is 6.90. The molecule has 0 aliphatic carbocycles. The normalized spacial score (nSPS) is 11.0. The molecule has 0 bridgehead atoms. The highest BCUT2D eigenvalue weighted by molar-refractivity contribution is 7.16. The van der Waals surface area contributed by atoms with Crippen molar-refractivity contribution in [3.8, 4) is 11.1 Å². The lowest BCUT2D eigenvalue weighted by Gasteiger charge is -2.08. The fourth-order valence-corrected chi connectivity index (χ4v) is 3.96. The van der Waals surface area contributed by atoms with Crippen molar-refractivity contribution in [1.29, 1.82) is 0 Å². The van der Waals surface area contributed by atoms with Gasteiger partial charge < -0.3 is 5.11 Å². The van der Waals surface area contributed by atoms with Gasteiger partial charge in [0, 0.05) is 10.6 Å². The van der Waals surface area contributed by atoms with Gasteiger partial charge in [-0.1, -0.05) is 35.9 Å². The van der Waals surface area contributed by atoms with Crippen LogP contribution in [0, 0.1) is 0 Å². The van der Waals surface area contributed by atoms with E-state index in [1.54, 1.807) is 23.5 Å². The summed E-state index contributed by atoms with van der Waals surface area (Å²) in [5.41, 5.74) is 7.44. The van der Waals surface area contributed by atoms with E-state index in [1.807, 2.05) is 41.9 Å². The number of aromatic nitrogens is 1. The molecule has 128 valence electrons. The minimum absolute atomic E-state index is 0.297.